The molecule has 7 heteroatoms. The zero-order valence-electron chi connectivity index (χ0n) is 14.5. The van der Waals surface area contributed by atoms with Gasteiger partial charge in [0.05, 0.1) is 31.1 Å². The van der Waals surface area contributed by atoms with Crippen LogP contribution in [-0.4, -0.2) is 18.0 Å². The minimum absolute atomic E-state index is 0.0686. The molecule has 138 valence electrons. The number of nitrogens with one attached hydrogen (secondary N) is 2. The normalized spacial score (nSPS) is 10.3. The number of halogens is 2. The van der Waals surface area contributed by atoms with Gasteiger partial charge in [0, 0.05) is 5.02 Å². The average molecular weight is 386 g/mol. The van der Waals surface area contributed by atoms with E-state index in [0.29, 0.717) is 33.5 Å². The first-order chi connectivity index (χ1) is 13.0. The van der Waals surface area contributed by atoms with Crippen molar-refractivity contribution < 1.29 is 13.9 Å². The molecule has 2 aromatic carbocycles. The number of carbonyl (C=O) groups is 1. The maximum atomic E-state index is 13.2. The van der Waals surface area contributed by atoms with Crippen LogP contribution in [0.25, 0.3) is 0 Å². The lowest BCUT2D eigenvalue weighted by atomic mass is 10.1. The fourth-order valence-corrected chi connectivity index (χ4v) is 2.67. The van der Waals surface area contributed by atoms with Gasteiger partial charge in [-0.25, -0.2) is 9.37 Å². The summed E-state index contributed by atoms with van der Waals surface area (Å²) in [4.78, 5) is 16.3. The Balaban J connectivity index is 1.63. The second kappa shape index (κ2) is 8.51. The summed E-state index contributed by atoms with van der Waals surface area (Å²) in [6.07, 6.45) is 1.65. The summed E-state index contributed by atoms with van der Waals surface area (Å²) in [5.74, 6) is 0.405. The van der Waals surface area contributed by atoms with Crippen molar-refractivity contribution in [3.63, 3.8) is 0 Å². The molecule has 0 fully saturated rings. The smallest absolute Gasteiger partial charge is 0.229 e. The number of anilines is 3. The molecule has 0 aliphatic rings. The molecule has 3 rings (SSSR count). The van der Waals surface area contributed by atoms with Crippen LogP contribution in [0, 0.1) is 5.82 Å². The van der Waals surface area contributed by atoms with E-state index in [0.717, 1.165) is 0 Å². The molecule has 0 aliphatic carbocycles. The van der Waals surface area contributed by atoms with Gasteiger partial charge in [0.2, 0.25) is 5.91 Å². The summed E-state index contributed by atoms with van der Waals surface area (Å²) in [5, 5.41) is 6.43. The van der Waals surface area contributed by atoms with Gasteiger partial charge in [0.1, 0.15) is 17.4 Å². The fraction of sp³-hybridized carbons (Fsp3) is 0.100. The predicted octanol–water partition coefficient (Wildman–Crippen LogP) is 4.81. The highest BCUT2D eigenvalue weighted by atomic mass is 35.5. The Kier molecular flexibility index (Phi) is 5.88. The molecule has 0 spiro atoms. The van der Waals surface area contributed by atoms with Crippen LogP contribution in [0.3, 0.4) is 0 Å². The maximum absolute atomic E-state index is 13.2. The molecule has 0 aliphatic heterocycles. The number of amides is 1. The van der Waals surface area contributed by atoms with Crippen molar-refractivity contribution in [2.45, 2.75) is 6.42 Å². The van der Waals surface area contributed by atoms with Crippen LogP contribution in [0.2, 0.25) is 5.02 Å². The van der Waals surface area contributed by atoms with Crippen LogP contribution < -0.4 is 15.4 Å². The molecule has 27 heavy (non-hydrogen) atoms. The van der Waals surface area contributed by atoms with Crippen molar-refractivity contribution in [3.8, 4) is 5.75 Å². The second-order valence-electron chi connectivity index (χ2n) is 5.76. The highest BCUT2D eigenvalue weighted by molar-refractivity contribution is 6.31. The molecule has 0 radical (unpaired) electrons. The predicted molar refractivity (Wildman–Crippen MR) is 104 cm³/mol. The molecule has 2 N–H and O–H groups in total. The molecule has 5 nitrogen and oxygen atoms in total. The summed E-state index contributed by atoms with van der Waals surface area (Å²) >= 11 is 6.02. The van der Waals surface area contributed by atoms with Gasteiger partial charge >= 0.3 is 0 Å². The molecule has 1 amide bonds. The van der Waals surface area contributed by atoms with E-state index in [2.05, 4.69) is 15.6 Å². The van der Waals surface area contributed by atoms with Gasteiger partial charge < -0.3 is 15.4 Å². The monoisotopic (exact) mass is 385 g/mol. The Labute approximate surface area is 161 Å². The number of aromatic nitrogens is 1. The van der Waals surface area contributed by atoms with Gasteiger partial charge in [-0.3, -0.25) is 4.79 Å². The van der Waals surface area contributed by atoms with Crippen LogP contribution in [0.1, 0.15) is 5.56 Å². The number of benzene rings is 2. The largest absolute Gasteiger partial charge is 0.495 e. The third-order valence-corrected chi connectivity index (χ3v) is 3.96. The maximum Gasteiger partial charge on any atom is 0.229 e. The summed E-state index contributed by atoms with van der Waals surface area (Å²) in [6, 6.07) is 14.6. The summed E-state index contributed by atoms with van der Waals surface area (Å²) in [5.41, 5.74) is 2.01. The standard InChI is InChI=1S/C20H17ClFN3O2/c1-27-18-7-5-14(21)11-17(18)24-16-6-8-19(23-12-16)25-20(26)10-13-3-2-4-15(22)9-13/h2-9,11-12,24H,10H2,1H3,(H,23,25,26). The molecule has 0 atom stereocenters. The molecular formula is C20H17ClFN3O2. The lowest BCUT2D eigenvalue weighted by Gasteiger charge is -2.12. The van der Waals surface area contributed by atoms with Crippen molar-refractivity contribution in [1.29, 1.82) is 0 Å². The topological polar surface area (TPSA) is 63.2 Å². The van der Waals surface area contributed by atoms with Crippen molar-refractivity contribution >= 4 is 34.7 Å². The lowest BCUT2D eigenvalue weighted by Crippen LogP contribution is -2.15. The zero-order valence-corrected chi connectivity index (χ0v) is 15.3. The number of methoxy groups -OCH3 is 1. The highest BCUT2D eigenvalue weighted by Crippen LogP contribution is 2.30. The Morgan fingerprint density at radius 3 is 2.74 bits per heavy atom. The van der Waals surface area contributed by atoms with E-state index in [-0.39, 0.29) is 18.1 Å². The SMILES string of the molecule is COc1ccc(Cl)cc1Nc1ccc(NC(=O)Cc2cccc(F)c2)nc1. The van der Waals surface area contributed by atoms with Crippen LogP contribution in [-0.2, 0) is 11.2 Å². The Bertz CT molecular complexity index is 948. The van der Waals surface area contributed by atoms with Gasteiger partial charge in [-0.15, -0.1) is 0 Å². The molecular weight excluding hydrogens is 369 g/mol. The minimum Gasteiger partial charge on any atom is -0.495 e. The number of carbonyl (C=O) groups excluding carboxylic acids is 1. The molecule has 0 saturated carbocycles. The van der Waals surface area contributed by atoms with E-state index < -0.39 is 0 Å². The van der Waals surface area contributed by atoms with E-state index in [1.54, 1.807) is 55.8 Å². The average Bonchev–Trinajstić information content (AvgIpc) is 2.63. The van der Waals surface area contributed by atoms with Crippen LogP contribution in [0.15, 0.2) is 60.8 Å². The Hall–Kier alpha value is -3.12. The number of pyridine rings is 1. The zero-order chi connectivity index (χ0) is 19.2. The van der Waals surface area contributed by atoms with Crippen LogP contribution in [0.5, 0.6) is 5.75 Å². The second-order valence-corrected chi connectivity index (χ2v) is 6.19. The molecule has 1 heterocycles. The third-order valence-electron chi connectivity index (χ3n) is 3.73. The summed E-state index contributed by atoms with van der Waals surface area (Å²) in [6.45, 7) is 0. The van der Waals surface area contributed by atoms with Crippen molar-refractivity contribution in [2.24, 2.45) is 0 Å². The molecule has 0 unspecified atom stereocenters. The van der Waals surface area contributed by atoms with E-state index in [9.17, 15) is 9.18 Å². The first-order valence-corrected chi connectivity index (χ1v) is 8.52. The molecule has 0 saturated heterocycles. The van der Waals surface area contributed by atoms with Crippen LogP contribution >= 0.6 is 11.6 Å². The number of rotatable bonds is 6. The number of ether oxygens (including phenoxy) is 1. The number of nitrogens with zero attached hydrogens (tertiary/aromatic N) is 1. The minimum atomic E-state index is -0.370. The molecule has 1 aromatic heterocycles. The van der Waals surface area contributed by atoms with E-state index in [4.69, 9.17) is 16.3 Å². The van der Waals surface area contributed by atoms with Gasteiger partial charge in [0.15, 0.2) is 0 Å². The first kappa shape index (κ1) is 18.7. The summed E-state index contributed by atoms with van der Waals surface area (Å²) < 4.78 is 18.5. The number of hydrogen-bond acceptors (Lipinski definition) is 4. The highest BCUT2D eigenvalue weighted by Gasteiger charge is 2.07. The Morgan fingerprint density at radius 2 is 2.04 bits per heavy atom. The Morgan fingerprint density at radius 1 is 1.19 bits per heavy atom. The van der Waals surface area contributed by atoms with E-state index >= 15 is 0 Å². The van der Waals surface area contributed by atoms with Crippen LogP contribution in [0.4, 0.5) is 21.6 Å². The van der Waals surface area contributed by atoms with Crippen molar-refractivity contribution in [1.82, 2.24) is 4.98 Å². The first-order valence-electron chi connectivity index (χ1n) is 8.14. The molecule has 0 bridgehead atoms. The van der Waals surface area contributed by atoms with Gasteiger partial charge in [-0.05, 0) is 48.0 Å². The number of hydrogen-bond donors (Lipinski definition) is 2. The quantitative estimate of drug-likeness (QED) is 0.639. The van der Waals surface area contributed by atoms with Gasteiger partial charge in [-0.2, -0.15) is 0 Å². The lowest BCUT2D eigenvalue weighted by molar-refractivity contribution is -0.115. The van der Waals surface area contributed by atoms with Gasteiger partial charge in [-0.1, -0.05) is 23.7 Å². The van der Waals surface area contributed by atoms with E-state index in [1.165, 1.54) is 12.1 Å². The van der Waals surface area contributed by atoms with Gasteiger partial charge in [0.25, 0.3) is 0 Å². The molecule has 3 aromatic rings. The summed E-state index contributed by atoms with van der Waals surface area (Å²) in [7, 11) is 1.57. The van der Waals surface area contributed by atoms with Crippen molar-refractivity contribution in [3.05, 3.63) is 77.2 Å². The third kappa shape index (κ3) is 5.18. The van der Waals surface area contributed by atoms with E-state index in [1.807, 2.05) is 0 Å². The fourth-order valence-electron chi connectivity index (χ4n) is 2.49. The van der Waals surface area contributed by atoms with Crippen molar-refractivity contribution in [2.75, 3.05) is 17.7 Å².